The minimum atomic E-state index is -5.55. The Bertz CT molecular complexity index is 4830. The summed E-state index contributed by atoms with van der Waals surface area (Å²) in [6, 6.07) is 10.3. The molecule has 0 bridgehead atoms. The number of hydrogen-bond acceptors (Lipinski definition) is 30. The van der Waals surface area contributed by atoms with Crippen LogP contribution in [0.3, 0.4) is 0 Å². The van der Waals surface area contributed by atoms with Gasteiger partial charge < -0.3 is 68.8 Å². The molecule has 2 aliphatic heterocycles. The van der Waals surface area contributed by atoms with Gasteiger partial charge in [-0.3, -0.25) is 29.8 Å². The first-order valence-electron chi connectivity index (χ1n) is 39.4. The molecular weight excluding hydrogens is 1740 g/mol. The number of nitrogens with zero attached hydrogens (tertiary/aromatic N) is 10. The molecule has 0 saturated carbocycles. The highest BCUT2D eigenvalue weighted by atomic mass is 35.5. The van der Waals surface area contributed by atoms with Gasteiger partial charge in [0.2, 0.25) is 12.4 Å². The summed E-state index contributed by atoms with van der Waals surface area (Å²) in [6.45, 7) is 35.7. The zero-order chi connectivity index (χ0) is 93.2. The molecule has 40 nitrogen and oxygen atoms in total. The molecule has 125 heavy (non-hydrogen) atoms. The van der Waals surface area contributed by atoms with E-state index in [1.165, 1.54) is 27.7 Å². The zero-order valence-electron chi connectivity index (χ0n) is 74.1. The molecule has 0 spiro atoms. The number of carbonyl (C=O) groups is 10. The lowest BCUT2D eigenvalue weighted by Gasteiger charge is -2.52. The second-order valence-electron chi connectivity index (χ2n) is 35.7. The van der Waals surface area contributed by atoms with E-state index in [-0.39, 0.29) is 30.4 Å². The van der Waals surface area contributed by atoms with Crippen molar-refractivity contribution < 1.29 is 122 Å². The van der Waals surface area contributed by atoms with E-state index in [0.717, 1.165) is 22.3 Å². The van der Waals surface area contributed by atoms with Gasteiger partial charge in [0.15, 0.2) is 35.8 Å². The summed E-state index contributed by atoms with van der Waals surface area (Å²) in [5.41, 5.74) is -8.33. The zero-order valence-corrected chi connectivity index (χ0v) is 78.1. The van der Waals surface area contributed by atoms with Crippen LogP contribution in [0.5, 0.6) is 11.5 Å². The maximum absolute atomic E-state index is 14.8. The van der Waals surface area contributed by atoms with Crippen LogP contribution in [0.25, 0.3) is 22.3 Å². The summed E-state index contributed by atoms with van der Waals surface area (Å²) in [6.07, 6.45) is 2.45. The fraction of sp³-hybridized carbons (Fsp3) is 0.550. The lowest BCUT2D eigenvalue weighted by molar-refractivity contribution is -0.753. The summed E-state index contributed by atoms with van der Waals surface area (Å²) in [4.78, 5) is 156. The van der Waals surface area contributed by atoms with Crippen molar-refractivity contribution in [2.45, 2.75) is 247 Å². The lowest BCUT2D eigenvalue weighted by atomic mass is 9.84. The van der Waals surface area contributed by atoms with Gasteiger partial charge in [0.05, 0.1) is 47.7 Å². The standard InChI is InChI=1S/C80H108Cl2N16O24S3/c1-73(2,3)113-65(103)51(43-111-49-31-27-45(28-32-49)47-39-93(23)95(41-47)37-25-35-83-69(105)115-75(7,8)9)119-91-55(53-59(81)123-67(85-53)89-71(107)117-77(13,14)15)61(99)87-57-63(101)97(79(57,19)20)121-125(109,110)122-98-64(102)58(80(98,21)22)88-62(100)56(54-60(82)124-68(86-54)90-72(108)118-78(16,17)18)92-120-52(66(104)114-74(4,5)6)44-112-50-33-29-46(30-34-50)48-40-94(24)96(42-48)38-26-36-84-70(106)116-76(10,11)12/h27-34,39-42,51-52,57-58H,25-26,35-38,43-44H2,1-24H3,(H4-2,83,84,85,86,87,88,89,90,99,100,105,106,107,108)/p+2/b91-55-,92-56-/t51-,52-,57+,58+/m0/s1. The molecule has 4 atom stereocenters. The molecule has 2 fully saturated rings. The third-order valence-electron chi connectivity index (χ3n) is 17.1. The second-order valence-corrected chi connectivity index (χ2v) is 40.1. The van der Waals surface area contributed by atoms with Crippen LogP contribution >= 0.6 is 45.9 Å². The summed E-state index contributed by atoms with van der Waals surface area (Å²) in [7, 11) is -1.81. The van der Waals surface area contributed by atoms with Gasteiger partial charge in [-0.15, -0.1) is 17.9 Å². The van der Waals surface area contributed by atoms with E-state index < -0.39 is 175 Å². The molecule has 45 heteroatoms. The highest BCUT2D eigenvalue weighted by Crippen LogP contribution is 2.39. The number of aryl methyl sites for hydroxylation is 4. The highest BCUT2D eigenvalue weighted by Gasteiger charge is 2.62. The van der Waals surface area contributed by atoms with Gasteiger partial charge in [0, 0.05) is 13.1 Å². The van der Waals surface area contributed by atoms with Crippen LogP contribution < -0.4 is 50.7 Å². The van der Waals surface area contributed by atoms with E-state index in [0.29, 0.717) is 71.8 Å². The molecule has 6 N–H and O–H groups in total. The summed E-state index contributed by atoms with van der Waals surface area (Å²) in [5, 5.41) is 23.6. The number of rotatable bonds is 34. The Balaban J connectivity index is 0.971. The normalized spacial score (nSPS) is 16.1. The van der Waals surface area contributed by atoms with Crippen molar-refractivity contribution >= 4 is 138 Å². The van der Waals surface area contributed by atoms with Crippen LogP contribution in [0.1, 0.15) is 177 Å². The molecule has 2 aromatic carbocycles. The number of thiazole rings is 2. The van der Waals surface area contributed by atoms with E-state index in [9.17, 15) is 56.4 Å². The van der Waals surface area contributed by atoms with Gasteiger partial charge in [-0.25, -0.2) is 38.7 Å². The Morgan fingerprint density at radius 1 is 0.488 bits per heavy atom. The Labute approximate surface area is 742 Å². The molecule has 2 saturated heterocycles. The SMILES string of the molecule is C[n+]1cc(-c2ccc(OC[C@H](O/N=C(\C(=O)N[C@@H]3C(=O)N(OS(=O)(=O)ON4C(=O)[C@@H](NC(=O)/C(=N\O[C@@H](COc5ccc(-c6cn(CCCNC(=O)OC(C)(C)C)[n+](C)c6)cc5)C(=O)OC(C)(C)C)c5nc(NC(=O)OC(C)(C)C)sc5Cl)C4(C)C)C3(C)C)c3nc(NC(=O)OC(C)(C)C)sc3Cl)C(=O)OC(C)(C)C)cc2)cn1CCCNC(=O)OC(C)(C)C. The molecule has 0 unspecified atom stereocenters. The Morgan fingerprint density at radius 2 is 0.800 bits per heavy atom. The van der Waals surface area contributed by atoms with Gasteiger partial charge in [-0.2, -0.15) is 27.9 Å². The number of hydrogen-bond donors (Lipinski definition) is 6. The predicted octanol–water partition coefficient (Wildman–Crippen LogP) is 10.1. The van der Waals surface area contributed by atoms with Crippen LogP contribution in [-0.2, 0) is 113 Å². The van der Waals surface area contributed by atoms with E-state index in [4.69, 9.17) is 79.3 Å². The maximum atomic E-state index is 14.8. The Hall–Kier alpha value is -11.0. The van der Waals surface area contributed by atoms with Crippen molar-refractivity contribution in [1.82, 2.24) is 50.7 Å². The third kappa shape index (κ3) is 29.0. The summed E-state index contributed by atoms with van der Waals surface area (Å²) < 4.78 is 90.4. The third-order valence-corrected chi connectivity index (χ3v) is 20.1. The fourth-order valence-corrected chi connectivity index (χ4v) is 14.4. The number of amides is 8. The summed E-state index contributed by atoms with van der Waals surface area (Å²) in [5.74, 6) is -6.48. The van der Waals surface area contributed by atoms with Gasteiger partial charge in [0.25, 0.3) is 35.8 Å². The topological polar surface area (TPSA) is 462 Å². The van der Waals surface area contributed by atoms with Gasteiger partial charge >= 0.3 is 46.7 Å². The number of halogens is 2. The minimum absolute atomic E-state index is 0.211. The number of anilines is 2. The molecule has 684 valence electrons. The number of carbonyl (C=O) groups excluding carboxylic acids is 10. The number of ether oxygens (including phenoxy) is 8. The van der Waals surface area contributed by atoms with Gasteiger partial charge in [-0.1, -0.05) is 80.5 Å². The quantitative estimate of drug-likeness (QED) is 0.00416. The number of oxime groups is 2. The van der Waals surface area contributed by atoms with Crippen molar-refractivity contribution in [1.29, 1.82) is 0 Å². The van der Waals surface area contributed by atoms with Crippen molar-refractivity contribution in [3.8, 4) is 33.8 Å². The molecule has 6 heterocycles. The smallest absolute Gasteiger partial charge is 0.442 e. The molecule has 4 aromatic heterocycles. The molecular formula is C80H110Cl2N16O24S3+2. The first kappa shape index (κ1) is 99.4. The maximum Gasteiger partial charge on any atom is 0.442 e. The van der Waals surface area contributed by atoms with Crippen molar-refractivity contribution in [2.24, 2.45) is 24.4 Å². The fourth-order valence-electron chi connectivity index (χ4n) is 11.5. The number of alkyl carbamates (subject to hydrolysis) is 2. The van der Waals surface area contributed by atoms with E-state index in [1.807, 2.05) is 57.6 Å². The van der Waals surface area contributed by atoms with E-state index in [2.05, 4.69) is 52.2 Å². The van der Waals surface area contributed by atoms with Crippen LogP contribution in [0, 0.1) is 0 Å². The van der Waals surface area contributed by atoms with Gasteiger partial charge in [-0.05, 0) is 201 Å². The minimum Gasteiger partial charge on any atom is -0.489 e. The molecule has 6 aromatic rings. The largest absolute Gasteiger partial charge is 0.489 e. The van der Waals surface area contributed by atoms with Gasteiger partial charge in [0.1, 0.15) is 90.5 Å². The average Bonchev–Trinajstić information content (AvgIpc) is 1.54. The molecule has 0 aliphatic carbocycles. The van der Waals surface area contributed by atoms with Crippen molar-refractivity contribution in [3.63, 3.8) is 0 Å². The lowest BCUT2D eigenvalue weighted by Crippen LogP contribution is -2.78. The van der Waals surface area contributed by atoms with Crippen LogP contribution in [0.15, 0.2) is 83.6 Å². The number of esters is 2. The van der Waals surface area contributed by atoms with Crippen LogP contribution in [-0.4, -0.2) is 205 Å². The number of hydroxylamine groups is 4. The van der Waals surface area contributed by atoms with Crippen LogP contribution in [0.4, 0.5) is 29.4 Å². The predicted molar refractivity (Wildman–Crippen MR) is 456 cm³/mol. The van der Waals surface area contributed by atoms with Crippen molar-refractivity contribution in [2.75, 3.05) is 36.9 Å². The van der Waals surface area contributed by atoms with Crippen molar-refractivity contribution in [3.05, 3.63) is 93.4 Å². The summed E-state index contributed by atoms with van der Waals surface area (Å²) >= 11 is 14.8. The monoisotopic (exact) mass is 1840 g/mol. The van der Waals surface area contributed by atoms with E-state index >= 15 is 0 Å². The first-order valence-corrected chi connectivity index (χ1v) is 43.1. The Kier molecular flexibility index (Phi) is 31.6. The van der Waals surface area contributed by atoms with E-state index in [1.54, 1.807) is 173 Å². The number of nitrogens with one attached hydrogen (secondary N) is 6. The Morgan fingerprint density at radius 3 is 1.10 bits per heavy atom. The number of benzene rings is 2. The first-order chi connectivity index (χ1) is 57.6. The molecule has 8 amide bonds. The molecule has 2 aliphatic rings. The molecule has 0 radical (unpaired) electrons. The number of β-lactam (4-membered cyclic amide) rings is 2. The highest BCUT2D eigenvalue weighted by molar-refractivity contribution is 7.81. The average molecular weight is 1850 g/mol. The number of aromatic nitrogens is 6. The second kappa shape index (κ2) is 39.7. The molecule has 8 rings (SSSR count). The van der Waals surface area contributed by atoms with Crippen LogP contribution in [0.2, 0.25) is 8.67 Å².